The Morgan fingerprint density at radius 3 is 2.17 bits per heavy atom. The van der Waals surface area contributed by atoms with E-state index >= 15 is 0 Å². The number of hydrogen-bond donors (Lipinski definition) is 2. The van der Waals surface area contributed by atoms with E-state index in [1.807, 2.05) is 32.9 Å². The van der Waals surface area contributed by atoms with Crippen molar-refractivity contribution in [2.24, 2.45) is 5.92 Å². The van der Waals surface area contributed by atoms with Crippen LogP contribution in [0.5, 0.6) is 0 Å². The van der Waals surface area contributed by atoms with Crippen LogP contribution in [-0.2, 0) is 4.79 Å². The number of carbonyl (C=O) groups excluding carboxylic acids is 2. The maximum Gasteiger partial charge on any atom is 0.251 e. The Hall–Kier alpha value is -1.88. The smallest absolute Gasteiger partial charge is 0.251 e. The summed E-state index contributed by atoms with van der Waals surface area (Å²) in [5.41, 5.74) is 1.67. The molecule has 5 nitrogen and oxygen atoms in total. The summed E-state index contributed by atoms with van der Waals surface area (Å²) in [7, 11) is 0. The number of likely N-dealkylation sites (N-methyl/N-ethyl adjacent to an activating group) is 1. The summed E-state index contributed by atoms with van der Waals surface area (Å²) in [5.74, 6) is -0.321. The Labute approximate surface area is 145 Å². The molecule has 2 N–H and O–H groups in total. The third-order valence-corrected chi connectivity index (χ3v) is 4.17. The maximum absolute atomic E-state index is 12.4. The summed E-state index contributed by atoms with van der Waals surface area (Å²) >= 11 is 0. The number of nitrogens with one attached hydrogen (secondary N) is 2. The third-order valence-electron chi connectivity index (χ3n) is 4.17. The average molecular weight is 333 g/mol. The number of carbonyl (C=O) groups is 2. The first kappa shape index (κ1) is 20.2. The molecule has 0 aromatic heterocycles. The lowest BCUT2D eigenvalue weighted by molar-refractivity contribution is -0.124. The van der Waals surface area contributed by atoms with Gasteiger partial charge in [0.15, 0.2) is 0 Å². The maximum atomic E-state index is 12.4. The summed E-state index contributed by atoms with van der Waals surface area (Å²) in [5, 5.41) is 5.79. The van der Waals surface area contributed by atoms with Gasteiger partial charge >= 0.3 is 0 Å². The van der Waals surface area contributed by atoms with Gasteiger partial charge in [-0.1, -0.05) is 45.4 Å². The second kappa shape index (κ2) is 10.1. The fourth-order valence-electron chi connectivity index (χ4n) is 2.45. The molecular formula is C19H31N3O2. The van der Waals surface area contributed by atoms with Crippen molar-refractivity contribution in [2.75, 3.05) is 26.2 Å². The highest BCUT2D eigenvalue weighted by Crippen LogP contribution is 2.07. The largest absolute Gasteiger partial charge is 0.353 e. The zero-order valence-electron chi connectivity index (χ0n) is 15.6. The number of amides is 2. The van der Waals surface area contributed by atoms with E-state index in [2.05, 4.69) is 29.4 Å². The topological polar surface area (TPSA) is 61.4 Å². The van der Waals surface area contributed by atoms with Gasteiger partial charge in [0, 0.05) is 18.7 Å². The van der Waals surface area contributed by atoms with Crippen LogP contribution in [0, 0.1) is 12.8 Å². The third kappa shape index (κ3) is 6.32. The van der Waals surface area contributed by atoms with Crippen molar-refractivity contribution in [3.05, 3.63) is 35.4 Å². The molecule has 0 aliphatic carbocycles. The fourth-order valence-corrected chi connectivity index (χ4v) is 2.45. The van der Waals surface area contributed by atoms with Gasteiger partial charge in [0.05, 0.1) is 0 Å². The van der Waals surface area contributed by atoms with Crippen molar-refractivity contribution < 1.29 is 9.59 Å². The van der Waals surface area contributed by atoms with E-state index < -0.39 is 6.04 Å². The average Bonchev–Trinajstić information content (AvgIpc) is 2.56. The Bertz CT molecular complexity index is 522. The predicted octanol–water partition coefficient (Wildman–Crippen LogP) is 2.21. The molecule has 1 rings (SSSR count). The number of rotatable bonds is 9. The second-order valence-corrected chi connectivity index (χ2v) is 6.38. The Kier molecular flexibility index (Phi) is 8.47. The van der Waals surface area contributed by atoms with Gasteiger partial charge in [0.1, 0.15) is 6.04 Å². The van der Waals surface area contributed by atoms with Gasteiger partial charge in [-0.3, -0.25) is 9.59 Å². The standard InChI is InChI=1S/C19H31N3O2/c1-6-22(7-2)13-12-20-19(24)17(14(3)4)21-18(23)16-10-8-15(5)9-11-16/h8-11,14,17H,6-7,12-13H2,1-5H3,(H,20,24)(H,21,23). The van der Waals surface area contributed by atoms with Gasteiger partial charge < -0.3 is 15.5 Å². The Balaban J connectivity index is 2.60. The lowest BCUT2D eigenvalue weighted by Gasteiger charge is -2.23. The number of hydrogen-bond acceptors (Lipinski definition) is 3. The van der Waals surface area contributed by atoms with Gasteiger partial charge in [0.25, 0.3) is 5.91 Å². The number of benzene rings is 1. The molecule has 1 aromatic rings. The summed E-state index contributed by atoms with van der Waals surface area (Å²) in [4.78, 5) is 27.0. The van der Waals surface area contributed by atoms with E-state index in [-0.39, 0.29) is 17.7 Å². The van der Waals surface area contributed by atoms with Gasteiger partial charge in [-0.2, -0.15) is 0 Å². The van der Waals surface area contributed by atoms with Crippen molar-refractivity contribution in [1.29, 1.82) is 0 Å². The summed E-state index contributed by atoms with van der Waals surface area (Å²) < 4.78 is 0. The molecule has 0 saturated carbocycles. The molecular weight excluding hydrogens is 302 g/mol. The number of aryl methyl sites for hydroxylation is 1. The summed E-state index contributed by atoms with van der Waals surface area (Å²) in [6.45, 7) is 13.4. The lowest BCUT2D eigenvalue weighted by atomic mass is 10.0. The minimum Gasteiger partial charge on any atom is -0.353 e. The van der Waals surface area contributed by atoms with Gasteiger partial charge in [0.2, 0.25) is 5.91 Å². The van der Waals surface area contributed by atoms with E-state index in [0.717, 1.165) is 25.2 Å². The van der Waals surface area contributed by atoms with E-state index in [1.54, 1.807) is 12.1 Å². The van der Waals surface area contributed by atoms with Gasteiger partial charge in [-0.25, -0.2) is 0 Å². The second-order valence-electron chi connectivity index (χ2n) is 6.38. The van der Waals surface area contributed by atoms with Crippen LogP contribution in [-0.4, -0.2) is 48.9 Å². The quantitative estimate of drug-likeness (QED) is 0.728. The van der Waals surface area contributed by atoms with E-state index in [0.29, 0.717) is 12.1 Å². The molecule has 1 aromatic carbocycles. The molecule has 1 atom stereocenters. The zero-order valence-corrected chi connectivity index (χ0v) is 15.6. The van der Waals surface area contributed by atoms with Crippen molar-refractivity contribution in [3.8, 4) is 0 Å². The minimum absolute atomic E-state index is 0.0212. The predicted molar refractivity (Wildman–Crippen MR) is 98.1 cm³/mol. The van der Waals surface area contributed by atoms with Crippen LogP contribution in [0.3, 0.4) is 0 Å². The first-order valence-electron chi connectivity index (χ1n) is 8.76. The highest BCUT2D eigenvalue weighted by molar-refractivity contribution is 5.97. The van der Waals surface area contributed by atoms with Crippen LogP contribution in [0.2, 0.25) is 0 Å². The van der Waals surface area contributed by atoms with E-state index in [1.165, 1.54) is 0 Å². The molecule has 134 valence electrons. The van der Waals surface area contributed by atoms with Crippen molar-refractivity contribution in [1.82, 2.24) is 15.5 Å². The van der Waals surface area contributed by atoms with Crippen LogP contribution in [0.1, 0.15) is 43.6 Å². The normalized spacial score (nSPS) is 12.3. The molecule has 5 heteroatoms. The molecule has 0 saturated heterocycles. The highest BCUT2D eigenvalue weighted by atomic mass is 16.2. The molecule has 0 fully saturated rings. The first-order chi connectivity index (χ1) is 11.4. The van der Waals surface area contributed by atoms with Crippen molar-refractivity contribution >= 4 is 11.8 Å². The SMILES string of the molecule is CCN(CC)CCNC(=O)C(NC(=O)c1ccc(C)cc1)C(C)C. The Morgan fingerprint density at radius 2 is 1.67 bits per heavy atom. The molecule has 24 heavy (non-hydrogen) atoms. The van der Waals surface area contributed by atoms with Gasteiger partial charge in [-0.05, 0) is 38.1 Å². The highest BCUT2D eigenvalue weighted by Gasteiger charge is 2.24. The van der Waals surface area contributed by atoms with E-state index in [9.17, 15) is 9.59 Å². The fraction of sp³-hybridized carbons (Fsp3) is 0.579. The molecule has 2 amide bonds. The van der Waals surface area contributed by atoms with Crippen LogP contribution in [0.15, 0.2) is 24.3 Å². The molecule has 0 aliphatic heterocycles. The molecule has 0 aliphatic rings. The van der Waals surface area contributed by atoms with Gasteiger partial charge in [-0.15, -0.1) is 0 Å². The lowest BCUT2D eigenvalue weighted by Crippen LogP contribution is -2.50. The molecule has 0 bridgehead atoms. The van der Waals surface area contributed by atoms with Crippen LogP contribution >= 0.6 is 0 Å². The van der Waals surface area contributed by atoms with Crippen LogP contribution in [0.4, 0.5) is 0 Å². The minimum atomic E-state index is -0.532. The van der Waals surface area contributed by atoms with Crippen LogP contribution in [0.25, 0.3) is 0 Å². The molecule has 0 radical (unpaired) electrons. The van der Waals surface area contributed by atoms with Crippen LogP contribution < -0.4 is 10.6 Å². The number of nitrogens with zero attached hydrogens (tertiary/aromatic N) is 1. The first-order valence-corrected chi connectivity index (χ1v) is 8.76. The molecule has 0 spiro atoms. The monoisotopic (exact) mass is 333 g/mol. The molecule has 1 unspecified atom stereocenters. The van der Waals surface area contributed by atoms with Crippen molar-refractivity contribution in [2.45, 2.75) is 40.7 Å². The zero-order chi connectivity index (χ0) is 18.1. The van der Waals surface area contributed by atoms with E-state index in [4.69, 9.17) is 0 Å². The van der Waals surface area contributed by atoms with Crippen molar-refractivity contribution in [3.63, 3.8) is 0 Å². The summed E-state index contributed by atoms with van der Waals surface area (Å²) in [6.07, 6.45) is 0. The molecule has 0 heterocycles. The Morgan fingerprint density at radius 1 is 1.08 bits per heavy atom. The summed E-state index contributed by atoms with van der Waals surface area (Å²) in [6, 6.07) is 6.81.